The van der Waals surface area contributed by atoms with E-state index in [4.69, 9.17) is 26.8 Å². The van der Waals surface area contributed by atoms with Crippen molar-refractivity contribution >= 4 is 35.1 Å². The molecule has 1 aromatic carbocycles. The topological polar surface area (TPSA) is 94.7 Å². The molecule has 0 amide bonds. The molecular weight excluding hydrogens is 345 g/mol. The fraction of sp³-hybridized carbons (Fsp3) is 0.0769. The van der Waals surface area contributed by atoms with Crippen LogP contribution in [-0.4, -0.2) is 28.4 Å². The third kappa shape index (κ3) is 4.73. The number of nitrogens with zero attached hydrogens (tertiary/aromatic N) is 3. The Morgan fingerprint density at radius 3 is 2.96 bits per heavy atom. The molecule has 0 radical (unpaired) electrons. The summed E-state index contributed by atoms with van der Waals surface area (Å²) in [6.07, 6.45) is 2.36. The monoisotopic (exact) mass is 355 g/mol. The standard InChI is InChI=1S/C13H11ClFN5O2S/c1-21-9-3-2-7(5-18-20-13(16)23)4-10(9)22-11-8(15)6-17-12(14)19-11/h2-6H,1H3,(H3,16,20,23)/b18-5+. The van der Waals surface area contributed by atoms with E-state index < -0.39 is 5.82 Å². The number of rotatable bonds is 5. The molecule has 0 aliphatic rings. The smallest absolute Gasteiger partial charge is 0.260 e. The first-order chi connectivity index (χ1) is 11.0. The van der Waals surface area contributed by atoms with Crippen molar-refractivity contribution in [3.8, 4) is 17.4 Å². The van der Waals surface area contributed by atoms with Gasteiger partial charge in [-0.3, -0.25) is 5.43 Å². The molecule has 1 aromatic heterocycles. The predicted octanol–water partition coefficient (Wildman–Crippen LogP) is 2.24. The molecule has 0 aliphatic carbocycles. The number of nitrogens with one attached hydrogen (secondary N) is 1. The van der Waals surface area contributed by atoms with E-state index in [9.17, 15) is 4.39 Å². The van der Waals surface area contributed by atoms with Crippen molar-refractivity contribution in [3.63, 3.8) is 0 Å². The first kappa shape index (κ1) is 16.8. The number of hydrazone groups is 1. The van der Waals surface area contributed by atoms with Gasteiger partial charge in [0.05, 0.1) is 19.5 Å². The van der Waals surface area contributed by atoms with Gasteiger partial charge in [-0.1, -0.05) is 0 Å². The summed E-state index contributed by atoms with van der Waals surface area (Å²) in [4.78, 5) is 7.19. The minimum atomic E-state index is -0.759. The Morgan fingerprint density at radius 1 is 1.48 bits per heavy atom. The van der Waals surface area contributed by atoms with Crippen molar-refractivity contribution in [2.24, 2.45) is 10.8 Å². The molecule has 7 nitrogen and oxygen atoms in total. The van der Waals surface area contributed by atoms with Crippen LogP contribution in [0.15, 0.2) is 29.5 Å². The lowest BCUT2D eigenvalue weighted by atomic mass is 10.2. The van der Waals surface area contributed by atoms with E-state index in [-0.39, 0.29) is 22.0 Å². The Morgan fingerprint density at radius 2 is 2.26 bits per heavy atom. The molecule has 3 N–H and O–H groups in total. The fourth-order valence-corrected chi connectivity index (χ4v) is 1.71. The number of hydrogen-bond donors (Lipinski definition) is 2. The molecule has 120 valence electrons. The Kier molecular flexibility index (Phi) is 5.61. The van der Waals surface area contributed by atoms with Gasteiger partial charge in [0.25, 0.3) is 5.88 Å². The summed E-state index contributed by atoms with van der Waals surface area (Å²) >= 11 is 10.3. The molecule has 23 heavy (non-hydrogen) atoms. The van der Waals surface area contributed by atoms with Gasteiger partial charge in [-0.15, -0.1) is 0 Å². The Bertz CT molecular complexity index is 759. The zero-order valence-electron chi connectivity index (χ0n) is 11.8. The fourth-order valence-electron chi connectivity index (χ4n) is 1.53. The van der Waals surface area contributed by atoms with E-state index in [2.05, 4.69) is 32.7 Å². The van der Waals surface area contributed by atoms with Crippen LogP contribution in [0, 0.1) is 5.82 Å². The van der Waals surface area contributed by atoms with Crippen molar-refractivity contribution in [2.45, 2.75) is 0 Å². The summed E-state index contributed by atoms with van der Waals surface area (Å²) in [7, 11) is 1.45. The second-order valence-electron chi connectivity index (χ2n) is 4.04. The van der Waals surface area contributed by atoms with Gasteiger partial charge in [-0.2, -0.15) is 14.5 Å². The molecule has 0 aliphatic heterocycles. The van der Waals surface area contributed by atoms with Crippen LogP contribution in [0.2, 0.25) is 5.28 Å². The third-order valence-corrected chi connectivity index (χ3v) is 2.74. The lowest BCUT2D eigenvalue weighted by Crippen LogP contribution is -2.23. The van der Waals surface area contributed by atoms with E-state index in [1.54, 1.807) is 18.2 Å². The lowest BCUT2D eigenvalue weighted by Gasteiger charge is -2.10. The van der Waals surface area contributed by atoms with Crippen molar-refractivity contribution in [3.05, 3.63) is 41.1 Å². The highest BCUT2D eigenvalue weighted by Gasteiger charge is 2.12. The molecule has 0 bridgehead atoms. The van der Waals surface area contributed by atoms with Crippen molar-refractivity contribution in [2.75, 3.05) is 7.11 Å². The van der Waals surface area contributed by atoms with E-state index in [1.165, 1.54) is 13.3 Å². The van der Waals surface area contributed by atoms with Crippen LogP contribution >= 0.6 is 23.8 Å². The molecule has 1 heterocycles. The molecule has 0 saturated carbocycles. The number of thiocarbonyl (C=S) groups is 1. The summed E-state index contributed by atoms with van der Waals surface area (Å²) in [5.74, 6) is -0.483. The van der Waals surface area contributed by atoms with Crippen LogP contribution in [0.3, 0.4) is 0 Å². The minimum absolute atomic E-state index is 0.0314. The molecule has 0 fully saturated rings. The Labute approximate surface area is 141 Å². The first-order valence-electron chi connectivity index (χ1n) is 6.12. The van der Waals surface area contributed by atoms with Gasteiger partial charge in [0.2, 0.25) is 11.1 Å². The van der Waals surface area contributed by atoms with Crippen LogP contribution in [-0.2, 0) is 0 Å². The average Bonchev–Trinajstić information content (AvgIpc) is 2.51. The van der Waals surface area contributed by atoms with E-state index in [0.717, 1.165) is 6.20 Å². The first-order valence-corrected chi connectivity index (χ1v) is 6.90. The molecule has 0 saturated heterocycles. The van der Waals surface area contributed by atoms with Gasteiger partial charge < -0.3 is 15.2 Å². The lowest BCUT2D eigenvalue weighted by molar-refractivity contribution is 0.363. The number of ether oxygens (including phenoxy) is 2. The van der Waals surface area contributed by atoms with Gasteiger partial charge >= 0.3 is 0 Å². The quantitative estimate of drug-likeness (QED) is 0.367. The van der Waals surface area contributed by atoms with E-state index in [1.807, 2.05) is 0 Å². The number of nitrogens with two attached hydrogens (primary N) is 1. The summed E-state index contributed by atoms with van der Waals surface area (Å²) in [5, 5.41) is 3.71. The van der Waals surface area contributed by atoms with Crippen molar-refractivity contribution < 1.29 is 13.9 Å². The highest BCUT2D eigenvalue weighted by atomic mass is 35.5. The minimum Gasteiger partial charge on any atom is -0.493 e. The van der Waals surface area contributed by atoms with Gasteiger partial charge in [-0.25, -0.2) is 4.98 Å². The maximum absolute atomic E-state index is 13.7. The highest BCUT2D eigenvalue weighted by molar-refractivity contribution is 7.80. The van der Waals surface area contributed by atoms with Crippen molar-refractivity contribution in [1.29, 1.82) is 0 Å². The maximum Gasteiger partial charge on any atom is 0.260 e. The van der Waals surface area contributed by atoms with Crippen LogP contribution in [0.4, 0.5) is 4.39 Å². The number of hydrogen-bond acceptors (Lipinski definition) is 6. The number of methoxy groups -OCH3 is 1. The summed E-state index contributed by atoms with van der Waals surface area (Å²) < 4.78 is 24.2. The van der Waals surface area contributed by atoms with Crippen LogP contribution in [0.1, 0.15) is 5.56 Å². The largest absolute Gasteiger partial charge is 0.493 e. The number of benzene rings is 1. The maximum atomic E-state index is 13.7. The predicted molar refractivity (Wildman–Crippen MR) is 87.6 cm³/mol. The molecule has 0 unspecified atom stereocenters. The third-order valence-electron chi connectivity index (χ3n) is 2.47. The Balaban J connectivity index is 2.30. The van der Waals surface area contributed by atoms with Crippen molar-refractivity contribution in [1.82, 2.24) is 15.4 Å². The molecular formula is C13H11ClFN5O2S. The summed E-state index contributed by atoms with van der Waals surface area (Å²) in [6, 6.07) is 4.90. The zero-order valence-corrected chi connectivity index (χ0v) is 13.4. The van der Waals surface area contributed by atoms with Crippen LogP contribution in [0.5, 0.6) is 17.4 Å². The molecule has 2 aromatic rings. The molecule has 0 atom stereocenters. The van der Waals surface area contributed by atoms with Crippen LogP contribution in [0.25, 0.3) is 0 Å². The van der Waals surface area contributed by atoms with Crippen LogP contribution < -0.4 is 20.6 Å². The van der Waals surface area contributed by atoms with E-state index >= 15 is 0 Å². The second kappa shape index (κ2) is 7.65. The van der Waals surface area contributed by atoms with Gasteiger partial charge in [0.15, 0.2) is 16.6 Å². The highest BCUT2D eigenvalue weighted by Crippen LogP contribution is 2.32. The van der Waals surface area contributed by atoms with Gasteiger partial charge in [0.1, 0.15) is 0 Å². The SMILES string of the molecule is COc1ccc(/C=N/NC(N)=S)cc1Oc1nc(Cl)ncc1F. The Hall–Kier alpha value is -2.52. The molecule has 10 heteroatoms. The van der Waals surface area contributed by atoms with E-state index in [0.29, 0.717) is 11.3 Å². The zero-order chi connectivity index (χ0) is 16.8. The number of aromatic nitrogens is 2. The van der Waals surface area contributed by atoms with Gasteiger partial charge in [-0.05, 0) is 47.6 Å². The summed E-state index contributed by atoms with van der Waals surface area (Å²) in [5.41, 5.74) is 8.31. The molecule has 2 rings (SSSR count). The normalized spacial score (nSPS) is 10.6. The second-order valence-corrected chi connectivity index (χ2v) is 4.82. The average molecular weight is 356 g/mol. The summed E-state index contributed by atoms with van der Waals surface area (Å²) in [6.45, 7) is 0. The van der Waals surface area contributed by atoms with Gasteiger partial charge in [0, 0.05) is 0 Å². The number of halogens is 2. The molecule has 0 spiro atoms.